The van der Waals surface area contributed by atoms with E-state index in [1.807, 2.05) is 0 Å². The minimum atomic E-state index is 0.430. The molecule has 0 bridgehead atoms. The number of rotatable bonds is 6. The van der Waals surface area contributed by atoms with E-state index in [0.29, 0.717) is 5.41 Å². The van der Waals surface area contributed by atoms with Gasteiger partial charge in [0.1, 0.15) is 0 Å². The van der Waals surface area contributed by atoms with Gasteiger partial charge in [-0.3, -0.25) is 0 Å². The van der Waals surface area contributed by atoms with Crippen LogP contribution in [0.3, 0.4) is 0 Å². The molecule has 0 aromatic heterocycles. The van der Waals surface area contributed by atoms with Gasteiger partial charge in [-0.2, -0.15) is 0 Å². The van der Waals surface area contributed by atoms with Crippen molar-refractivity contribution in [3.05, 3.63) is 60.7 Å². The first-order chi connectivity index (χ1) is 11.2. The van der Waals surface area contributed by atoms with Crippen molar-refractivity contribution in [1.82, 2.24) is 0 Å². The highest BCUT2D eigenvalue weighted by Gasteiger charge is 2.30. The Morgan fingerprint density at radius 3 is 1.91 bits per heavy atom. The van der Waals surface area contributed by atoms with Crippen molar-refractivity contribution in [3.63, 3.8) is 0 Å². The average molecular weight is 308 g/mol. The topological polar surface area (TPSA) is 24.1 Å². The summed E-state index contributed by atoms with van der Waals surface area (Å²) in [7, 11) is 0. The lowest BCUT2D eigenvalue weighted by Gasteiger charge is -2.38. The predicted octanol–water partition coefficient (Wildman–Crippen LogP) is 5.41. The molecule has 1 aliphatic rings. The van der Waals surface area contributed by atoms with Crippen LogP contribution in [0, 0.1) is 11.3 Å². The molecule has 2 heteroatoms. The summed E-state index contributed by atoms with van der Waals surface area (Å²) in [4.78, 5) is 0. The van der Waals surface area contributed by atoms with Crippen LogP contribution in [0.25, 0.3) is 0 Å². The predicted molar refractivity (Wildman–Crippen MR) is 99.9 cm³/mol. The van der Waals surface area contributed by atoms with E-state index in [-0.39, 0.29) is 0 Å². The van der Waals surface area contributed by atoms with Gasteiger partial charge >= 0.3 is 0 Å². The lowest BCUT2D eigenvalue weighted by atomic mass is 9.71. The molecule has 122 valence electrons. The molecule has 2 aromatic carbocycles. The van der Waals surface area contributed by atoms with Gasteiger partial charge in [0.05, 0.1) is 0 Å². The molecule has 0 saturated heterocycles. The van der Waals surface area contributed by atoms with Crippen LogP contribution >= 0.6 is 0 Å². The zero-order chi connectivity index (χ0) is 16.0. The van der Waals surface area contributed by atoms with Crippen molar-refractivity contribution in [1.29, 1.82) is 0 Å². The van der Waals surface area contributed by atoms with Gasteiger partial charge in [0, 0.05) is 24.5 Å². The van der Waals surface area contributed by atoms with Gasteiger partial charge in [-0.05, 0) is 61.3 Å². The van der Waals surface area contributed by atoms with Crippen molar-refractivity contribution in [2.45, 2.75) is 32.6 Å². The monoisotopic (exact) mass is 308 g/mol. The van der Waals surface area contributed by atoms with E-state index in [1.165, 1.54) is 37.1 Å². The number of para-hydroxylation sites is 2. The lowest BCUT2D eigenvalue weighted by Crippen LogP contribution is -2.33. The van der Waals surface area contributed by atoms with Crippen LogP contribution < -0.4 is 10.6 Å². The van der Waals surface area contributed by atoms with Crippen molar-refractivity contribution in [3.8, 4) is 0 Å². The summed E-state index contributed by atoms with van der Waals surface area (Å²) in [6, 6.07) is 21.1. The summed E-state index contributed by atoms with van der Waals surface area (Å²) in [6.45, 7) is 4.62. The molecule has 0 amide bonds. The molecule has 23 heavy (non-hydrogen) atoms. The molecule has 2 N–H and O–H groups in total. The van der Waals surface area contributed by atoms with Crippen molar-refractivity contribution in [2.24, 2.45) is 11.3 Å². The first kappa shape index (κ1) is 15.9. The minimum Gasteiger partial charge on any atom is -0.385 e. The van der Waals surface area contributed by atoms with Gasteiger partial charge < -0.3 is 10.6 Å². The molecule has 3 rings (SSSR count). The number of nitrogens with one attached hydrogen (secondary N) is 2. The summed E-state index contributed by atoms with van der Waals surface area (Å²) in [5.41, 5.74) is 2.91. The Kier molecular flexibility index (Phi) is 5.22. The second kappa shape index (κ2) is 7.54. The quantitative estimate of drug-likeness (QED) is 0.746. The van der Waals surface area contributed by atoms with Gasteiger partial charge in [0.2, 0.25) is 0 Å². The maximum absolute atomic E-state index is 3.61. The smallest absolute Gasteiger partial charge is 0.0340 e. The Bertz CT molecular complexity index is 571. The summed E-state index contributed by atoms with van der Waals surface area (Å²) in [5, 5.41) is 7.20. The molecular formula is C21H28N2. The molecule has 0 atom stereocenters. The van der Waals surface area contributed by atoms with Gasteiger partial charge in [0.15, 0.2) is 0 Å². The Labute approximate surface area is 140 Å². The van der Waals surface area contributed by atoms with E-state index in [9.17, 15) is 0 Å². The zero-order valence-corrected chi connectivity index (χ0v) is 14.1. The van der Waals surface area contributed by atoms with Crippen LogP contribution in [0.4, 0.5) is 11.4 Å². The summed E-state index contributed by atoms with van der Waals surface area (Å²) in [5.74, 6) is 0.806. The standard InChI is InChI=1S/C21H28N2/c1-21(17-23-20-10-6-3-7-11-20)14-12-18(13-15-21)16-22-19-8-4-2-5-9-19/h2-11,18,22-23H,12-17H2,1H3. The Morgan fingerprint density at radius 2 is 1.35 bits per heavy atom. The van der Waals surface area contributed by atoms with E-state index < -0.39 is 0 Å². The highest BCUT2D eigenvalue weighted by atomic mass is 14.9. The third-order valence-electron chi connectivity index (χ3n) is 5.17. The SMILES string of the molecule is CC1(CNc2ccccc2)CCC(CNc2ccccc2)CC1. The number of anilines is 2. The highest BCUT2D eigenvalue weighted by molar-refractivity contribution is 5.43. The maximum atomic E-state index is 3.61. The molecule has 0 aliphatic heterocycles. The fourth-order valence-corrected chi connectivity index (χ4v) is 3.45. The van der Waals surface area contributed by atoms with Gasteiger partial charge in [0.25, 0.3) is 0 Å². The Balaban J connectivity index is 1.42. The van der Waals surface area contributed by atoms with E-state index in [0.717, 1.165) is 19.0 Å². The molecule has 1 fully saturated rings. The van der Waals surface area contributed by atoms with Crippen LogP contribution in [-0.4, -0.2) is 13.1 Å². The number of benzene rings is 2. The van der Waals surface area contributed by atoms with Crippen LogP contribution in [-0.2, 0) is 0 Å². The average Bonchev–Trinajstić information content (AvgIpc) is 2.62. The van der Waals surface area contributed by atoms with Crippen LogP contribution in [0.5, 0.6) is 0 Å². The largest absolute Gasteiger partial charge is 0.385 e. The molecule has 0 radical (unpaired) electrons. The normalized spacial score (nSPS) is 24.1. The number of hydrogen-bond donors (Lipinski definition) is 2. The van der Waals surface area contributed by atoms with Crippen LogP contribution in [0.2, 0.25) is 0 Å². The Hall–Kier alpha value is -1.96. The van der Waals surface area contributed by atoms with Crippen molar-refractivity contribution >= 4 is 11.4 Å². The summed E-state index contributed by atoms with van der Waals surface area (Å²) >= 11 is 0. The van der Waals surface area contributed by atoms with Crippen LogP contribution in [0.1, 0.15) is 32.6 Å². The van der Waals surface area contributed by atoms with Gasteiger partial charge in [-0.15, -0.1) is 0 Å². The highest BCUT2D eigenvalue weighted by Crippen LogP contribution is 2.38. The second-order valence-corrected chi connectivity index (χ2v) is 7.22. The maximum Gasteiger partial charge on any atom is 0.0340 e. The summed E-state index contributed by atoms with van der Waals surface area (Å²) < 4.78 is 0. The molecular weight excluding hydrogens is 280 g/mol. The van der Waals surface area contributed by atoms with Gasteiger partial charge in [-0.25, -0.2) is 0 Å². The van der Waals surface area contributed by atoms with E-state index >= 15 is 0 Å². The third-order valence-corrected chi connectivity index (χ3v) is 5.17. The van der Waals surface area contributed by atoms with E-state index in [4.69, 9.17) is 0 Å². The van der Waals surface area contributed by atoms with E-state index in [1.54, 1.807) is 0 Å². The van der Waals surface area contributed by atoms with Crippen molar-refractivity contribution in [2.75, 3.05) is 23.7 Å². The lowest BCUT2D eigenvalue weighted by molar-refractivity contribution is 0.189. The van der Waals surface area contributed by atoms with E-state index in [2.05, 4.69) is 78.2 Å². The molecule has 0 spiro atoms. The Morgan fingerprint density at radius 1 is 0.826 bits per heavy atom. The fraction of sp³-hybridized carbons (Fsp3) is 0.429. The molecule has 0 heterocycles. The van der Waals surface area contributed by atoms with Gasteiger partial charge in [-0.1, -0.05) is 43.3 Å². The fourth-order valence-electron chi connectivity index (χ4n) is 3.45. The minimum absolute atomic E-state index is 0.430. The van der Waals surface area contributed by atoms with Crippen LogP contribution in [0.15, 0.2) is 60.7 Å². The number of hydrogen-bond acceptors (Lipinski definition) is 2. The molecule has 1 aliphatic carbocycles. The van der Waals surface area contributed by atoms with Crippen molar-refractivity contribution < 1.29 is 0 Å². The first-order valence-corrected chi connectivity index (χ1v) is 8.81. The molecule has 2 nitrogen and oxygen atoms in total. The second-order valence-electron chi connectivity index (χ2n) is 7.22. The first-order valence-electron chi connectivity index (χ1n) is 8.81. The molecule has 0 unspecified atom stereocenters. The third kappa shape index (κ3) is 4.75. The zero-order valence-electron chi connectivity index (χ0n) is 14.1. The molecule has 2 aromatic rings. The summed E-state index contributed by atoms with van der Waals surface area (Å²) in [6.07, 6.45) is 5.28. The molecule has 1 saturated carbocycles.